The molecule has 0 aromatic heterocycles. The fourth-order valence-electron chi connectivity index (χ4n) is 3.35. The third-order valence-corrected chi connectivity index (χ3v) is 4.91. The van der Waals surface area contributed by atoms with Crippen LogP contribution in [0.1, 0.15) is 22.3 Å². The Labute approximate surface area is 169 Å². The lowest BCUT2D eigenvalue weighted by atomic mass is 10.2. The largest absolute Gasteiger partial charge is 0.343 e. The molecule has 0 atom stereocenters. The smallest absolute Gasteiger partial charge is 0.270 e. The van der Waals surface area contributed by atoms with Crippen LogP contribution in [0.5, 0.6) is 0 Å². The summed E-state index contributed by atoms with van der Waals surface area (Å²) in [4.78, 5) is 39.1. The van der Waals surface area contributed by atoms with E-state index in [1.807, 2.05) is 18.2 Å². The van der Waals surface area contributed by atoms with Crippen molar-refractivity contribution in [2.45, 2.75) is 13.0 Å². The van der Waals surface area contributed by atoms with Gasteiger partial charge in [0.1, 0.15) is 0 Å². The van der Waals surface area contributed by atoms with Gasteiger partial charge in [-0.05, 0) is 18.1 Å². The fourth-order valence-corrected chi connectivity index (χ4v) is 3.35. The molecule has 8 nitrogen and oxygen atoms in total. The molecule has 1 aliphatic heterocycles. The molecule has 0 saturated carbocycles. The van der Waals surface area contributed by atoms with Crippen LogP contribution >= 0.6 is 0 Å². The molecular formula is C21H24N4O4. The number of rotatable bonds is 6. The van der Waals surface area contributed by atoms with Crippen molar-refractivity contribution in [2.75, 3.05) is 32.7 Å². The Morgan fingerprint density at radius 2 is 1.79 bits per heavy atom. The van der Waals surface area contributed by atoms with Gasteiger partial charge in [0.25, 0.3) is 11.6 Å². The Morgan fingerprint density at radius 3 is 2.55 bits per heavy atom. The summed E-state index contributed by atoms with van der Waals surface area (Å²) < 4.78 is 0. The molecule has 0 unspecified atom stereocenters. The average molecular weight is 396 g/mol. The van der Waals surface area contributed by atoms with Gasteiger partial charge in [-0.2, -0.15) is 0 Å². The van der Waals surface area contributed by atoms with Crippen molar-refractivity contribution in [3.8, 4) is 0 Å². The Hall–Kier alpha value is -3.26. The second-order valence-corrected chi connectivity index (χ2v) is 6.99. The summed E-state index contributed by atoms with van der Waals surface area (Å²) in [6.07, 6.45) is 0.872. The number of hydrogen-bond acceptors (Lipinski definition) is 5. The van der Waals surface area contributed by atoms with Crippen LogP contribution in [0.3, 0.4) is 0 Å². The maximum atomic E-state index is 12.5. The van der Waals surface area contributed by atoms with Crippen LogP contribution in [0.15, 0.2) is 54.6 Å². The number of nitro groups is 1. The molecule has 3 rings (SSSR count). The first kappa shape index (κ1) is 20.5. The van der Waals surface area contributed by atoms with E-state index in [2.05, 4.69) is 22.3 Å². The van der Waals surface area contributed by atoms with Crippen LogP contribution in [0, 0.1) is 10.1 Å². The number of hydrogen-bond donors (Lipinski definition) is 1. The molecule has 1 N–H and O–H groups in total. The normalized spacial score (nSPS) is 14.8. The van der Waals surface area contributed by atoms with E-state index in [-0.39, 0.29) is 23.7 Å². The van der Waals surface area contributed by atoms with E-state index in [1.54, 1.807) is 4.90 Å². The number of benzene rings is 2. The molecule has 29 heavy (non-hydrogen) atoms. The Bertz CT molecular complexity index is 872. The lowest BCUT2D eigenvalue weighted by molar-refractivity contribution is -0.384. The molecule has 1 heterocycles. The molecule has 1 saturated heterocycles. The summed E-state index contributed by atoms with van der Waals surface area (Å²) in [5, 5.41) is 13.4. The molecule has 0 aliphatic carbocycles. The topological polar surface area (TPSA) is 95.8 Å². The van der Waals surface area contributed by atoms with Crippen LogP contribution in [-0.4, -0.2) is 59.3 Å². The van der Waals surface area contributed by atoms with Crippen LogP contribution < -0.4 is 5.32 Å². The highest BCUT2D eigenvalue weighted by molar-refractivity contribution is 5.96. The second-order valence-electron chi connectivity index (χ2n) is 6.99. The molecule has 2 aromatic rings. The van der Waals surface area contributed by atoms with Crippen molar-refractivity contribution in [1.82, 2.24) is 15.1 Å². The second kappa shape index (κ2) is 9.79. The molecule has 0 spiro atoms. The lowest BCUT2D eigenvalue weighted by Crippen LogP contribution is -2.42. The highest BCUT2D eigenvalue weighted by Gasteiger charge is 2.20. The van der Waals surface area contributed by atoms with E-state index in [9.17, 15) is 19.7 Å². The number of carbonyl (C=O) groups excluding carboxylic acids is 2. The standard InChI is InChI=1S/C21H24N4O4/c26-20(15-22-21(27)18-8-4-9-19(14-18)25(28)29)24-11-5-10-23(12-13-24)16-17-6-2-1-3-7-17/h1-4,6-9,14H,5,10-13,15-16H2,(H,22,27). The Morgan fingerprint density at radius 1 is 1.00 bits per heavy atom. The average Bonchev–Trinajstić information content (AvgIpc) is 2.98. The zero-order chi connectivity index (χ0) is 20.6. The first-order chi connectivity index (χ1) is 14.0. The Kier molecular flexibility index (Phi) is 6.91. The molecular weight excluding hydrogens is 372 g/mol. The maximum Gasteiger partial charge on any atom is 0.270 e. The van der Waals surface area contributed by atoms with Gasteiger partial charge >= 0.3 is 0 Å². The SMILES string of the molecule is O=C(NCC(=O)N1CCCN(Cc2ccccc2)CC1)c1cccc([N+](=O)[O-])c1. The summed E-state index contributed by atoms with van der Waals surface area (Å²) in [6, 6.07) is 15.7. The van der Waals surface area contributed by atoms with Gasteiger partial charge in [0, 0.05) is 50.4 Å². The molecule has 2 amide bonds. The van der Waals surface area contributed by atoms with Gasteiger partial charge in [-0.3, -0.25) is 24.6 Å². The van der Waals surface area contributed by atoms with Gasteiger partial charge in [0.15, 0.2) is 0 Å². The van der Waals surface area contributed by atoms with Gasteiger partial charge in [-0.25, -0.2) is 0 Å². The first-order valence-electron chi connectivity index (χ1n) is 9.59. The maximum absolute atomic E-state index is 12.5. The van der Waals surface area contributed by atoms with Crippen LogP contribution in [0.2, 0.25) is 0 Å². The minimum atomic E-state index is -0.555. The summed E-state index contributed by atoms with van der Waals surface area (Å²) >= 11 is 0. The number of nitrogens with one attached hydrogen (secondary N) is 1. The first-order valence-corrected chi connectivity index (χ1v) is 9.59. The van der Waals surface area contributed by atoms with Crippen molar-refractivity contribution < 1.29 is 14.5 Å². The van der Waals surface area contributed by atoms with Gasteiger partial charge in [-0.15, -0.1) is 0 Å². The quantitative estimate of drug-likeness (QED) is 0.596. The third-order valence-electron chi connectivity index (χ3n) is 4.91. The predicted molar refractivity (Wildman–Crippen MR) is 108 cm³/mol. The van der Waals surface area contributed by atoms with E-state index in [0.29, 0.717) is 13.1 Å². The number of carbonyl (C=O) groups is 2. The molecule has 1 aliphatic rings. The molecule has 0 bridgehead atoms. The van der Waals surface area contributed by atoms with E-state index >= 15 is 0 Å². The van der Waals surface area contributed by atoms with Crippen molar-refractivity contribution in [3.63, 3.8) is 0 Å². The molecule has 8 heteroatoms. The Balaban J connectivity index is 1.49. The summed E-state index contributed by atoms with van der Waals surface area (Å²) in [5.41, 5.74) is 1.25. The number of nitro benzene ring substituents is 1. The van der Waals surface area contributed by atoms with Gasteiger partial charge < -0.3 is 10.2 Å². The minimum absolute atomic E-state index is 0.125. The van der Waals surface area contributed by atoms with E-state index in [0.717, 1.165) is 26.1 Å². The predicted octanol–water partition coefficient (Wildman–Crippen LogP) is 2.06. The minimum Gasteiger partial charge on any atom is -0.343 e. The summed E-state index contributed by atoms with van der Waals surface area (Å²) in [6.45, 7) is 3.68. The van der Waals surface area contributed by atoms with Gasteiger partial charge in [0.2, 0.25) is 5.91 Å². The summed E-state index contributed by atoms with van der Waals surface area (Å²) in [5.74, 6) is -0.645. The van der Waals surface area contributed by atoms with Crippen LogP contribution in [0.25, 0.3) is 0 Å². The lowest BCUT2D eigenvalue weighted by Gasteiger charge is -2.22. The van der Waals surface area contributed by atoms with Gasteiger partial charge in [-0.1, -0.05) is 36.4 Å². The van der Waals surface area contributed by atoms with Crippen LogP contribution in [-0.2, 0) is 11.3 Å². The van der Waals surface area contributed by atoms with E-state index in [4.69, 9.17) is 0 Å². The van der Waals surface area contributed by atoms with Gasteiger partial charge in [0.05, 0.1) is 11.5 Å². The van der Waals surface area contributed by atoms with Crippen molar-refractivity contribution >= 4 is 17.5 Å². The van der Waals surface area contributed by atoms with Crippen molar-refractivity contribution in [3.05, 3.63) is 75.8 Å². The van der Waals surface area contributed by atoms with Crippen molar-refractivity contribution in [1.29, 1.82) is 0 Å². The highest BCUT2D eigenvalue weighted by Crippen LogP contribution is 2.13. The van der Waals surface area contributed by atoms with Crippen LogP contribution in [0.4, 0.5) is 5.69 Å². The molecule has 152 valence electrons. The zero-order valence-electron chi connectivity index (χ0n) is 16.1. The number of nitrogens with zero attached hydrogens (tertiary/aromatic N) is 3. The zero-order valence-corrected chi connectivity index (χ0v) is 16.1. The monoisotopic (exact) mass is 396 g/mol. The molecule has 0 radical (unpaired) electrons. The van der Waals surface area contributed by atoms with Crippen molar-refractivity contribution in [2.24, 2.45) is 0 Å². The molecule has 1 fully saturated rings. The number of non-ortho nitro benzene ring substituents is 1. The highest BCUT2D eigenvalue weighted by atomic mass is 16.6. The third kappa shape index (κ3) is 5.86. The molecule has 2 aromatic carbocycles. The summed E-state index contributed by atoms with van der Waals surface area (Å²) in [7, 11) is 0. The fraction of sp³-hybridized carbons (Fsp3) is 0.333. The number of amides is 2. The van der Waals surface area contributed by atoms with E-state index in [1.165, 1.54) is 29.8 Å². The van der Waals surface area contributed by atoms with E-state index < -0.39 is 10.8 Å².